The van der Waals surface area contributed by atoms with Gasteiger partial charge in [-0.1, -0.05) is 23.7 Å². The Kier molecular flexibility index (Phi) is 3.65. The lowest BCUT2D eigenvalue weighted by molar-refractivity contribution is 0.112. The summed E-state index contributed by atoms with van der Waals surface area (Å²) in [7, 11) is 0. The van der Waals surface area contributed by atoms with Crippen molar-refractivity contribution in [2.75, 3.05) is 5.32 Å². The number of hydrogen-bond acceptors (Lipinski definition) is 4. The number of hydrogen-bond donors (Lipinski definition) is 1. The quantitative estimate of drug-likeness (QED) is 0.754. The first-order chi connectivity index (χ1) is 10.6. The minimum atomic E-state index is -0.409. The Balaban J connectivity index is 2.22. The number of aldehydes is 1. The number of anilines is 2. The Labute approximate surface area is 131 Å². The Morgan fingerprint density at radius 2 is 2.09 bits per heavy atom. The fourth-order valence-electron chi connectivity index (χ4n) is 2.22. The Morgan fingerprint density at radius 3 is 2.82 bits per heavy atom. The predicted octanol–water partition coefficient (Wildman–Crippen LogP) is 3.21. The molecule has 0 atom stereocenters. The van der Waals surface area contributed by atoms with Crippen LogP contribution in [0.25, 0.3) is 5.65 Å². The highest BCUT2D eigenvalue weighted by molar-refractivity contribution is 6.30. The van der Waals surface area contributed by atoms with Crippen LogP contribution in [0.15, 0.2) is 47.4 Å². The standard InChI is InChI=1S/C16H12ClN3O2/c1-10-4-3-7-20-15(10)19-14(13(9-21)16(20)22)18-12-6-2-5-11(17)8-12/h2-9,18H,1H3. The van der Waals surface area contributed by atoms with Gasteiger partial charge in [-0.2, -0.15) is 0 Å². The van der Waals surface area contributed by atoms with Gasteiger partial charge in [-0.05, 0) is 36.8 Å². The summed E-state index contributed by atoms with van der Waals surface area (Å²) >= 11 is 5.94. The van der Waals surface area contributed by atoms with Crippen molar-refractivity contribution in [2.45, 2.75) is 6.92 Å². The molecule has 0 bridgehead atoms. The predicted molar refractivity (Wildman–Crippen MR) is 86.3 cm³/mol. The molecule has 0 aliphatic carbocycles. The van der Waals surface area contributed by atoms with Crippen molar-refractivity contribution in [2.24, 2.45) is 0 Å². The molecule has 6 heteroatoms. The maximum absolute atomic E-state index is 12.4. The number of aromatic nitrogens is 2. The number of rotatable bonds is 3. The number of halogens is 1. The van der Waals surface area contributed by atoms with Crippen LogP contribution in [0.5, 0.6) is 0 Å². The van der Waals surface area contributed by atoms with Crippen LogP contribution in [-0.4, -0.2) is 15.7 Å². The van der Waals surface area contributed by atoms with E-state index >= 15 is 0 Å². The van der Waals surface area contributed by atoms with Gasteiger partial charge in [0.2, 0.25) is 0 Å². The molecule has 0 saturated carbocycles. The van der Waals surface area contributed by atoms with Gasteiger partial charge < -0.3 is 5.32 Å². The van der Waals surface area contributed by atoms with Crippen molar-refractivity contribution < 1.29 is 4.79 Å². The summed E-state index contributed by atoms with van der Waals surface area (Å²) in [5.41, 5.74) is 1.56. The van der Waals surface area contributed by atoms with E-state index in [2.05, 4.69) is 10.3 Å². The summed E-state index contributed by atoms with van der Waals surface area (Å²) in [5, 5.41) is 3.53. The SMILES string of the molecule is Cc1cccn2c(=O)c(C=O)c(Nc3cccc(Cl)c3)nc12. The number of pyridine rings is 1. The zero-order valence-corrected chi connectivity index (χ0v) is 12.5. The highest BCUT2D eigenvalue weighted by Crippen LogP contribution is 2.20. The highest BCUT2D eigenvalue weighted by Gasteiger charge is 2.13. The van der Waals surface area contributed by atoms with Crippen LogP contribution in [0.4, 0.5) is 11.5 Å². The molecule has 2 aromatic heterocycles. The van der Waals surface area contributed by atoms with Gasteiger partial charge in [-0.3, -0.25) is 14.0 Å². The second kappa shape index (κ2) is 5.61. The first kappa shape index (κ1) is 14.3. The largest absolute Gasteiger partial charge is 0.339 e. The Hall–Kier alpha value is -2.66. The number of fused-ring (bicyclic) bond motifs is 1. The molecule has 3 rings (SSSR count). The maximum atomic E-state index is 12.4. The lowest BCUT2D eigenvalue weighted by atomic mass is 10.2. The number of aryl methyl sites for hydroxylation is 1. The van der Waals surface area contributed by atoms with E-state index in [9.17, 15) is 9.59 Å². The first-order valence-corrected chi connectivity index (χ1v) is 6.97. The minimum absolute atomic E-state index is 0.0249. The second-order valence-electron chi connectivity index (χ2n) is 4.82. The lowest BCUT2D eigenvalue weighted by Gasteiger charge is -2.11. The van der Waals surface area contributed by atoms with Crippen LogP contribution >= 0.6 is 11.6 Å². The fourth-order valence-corrected chi connectivity index (χ4v) is 2.41. The molecule has 0 saturated heterocycles. The van der Waals surface area contributed by atoms with Gasteiger partial charge in [-0.15, -0.1) is 0 Å². The average Bonchev–Trinajstić information content (AvgIpc) is 2.49. The molecule has 0 aliphatic heterocycles. The smallest absolute Gasteiger partial charge is 0.270 e. The number of carbonyl (C=O) groups excluding carboxylic acids is 1. The summed E-state index contributed by atoms with van der Waals surface area (Å²) in [6.45, 7) is 1.85. The molecule has 5 nitrogen and oxygen atoms in total. The summed E-state index contributed by atoms with van der Waals surface area (Å²) in [4.78, 5) is 28.1. The van der Waals surface area contributed by atoms with Gasteiger partial charge in [0.15, 0.2) is 6.29 Å². The van der Waals surface area contributed by atoms with E-state index in [1.165, 1.54) is 4.40 Å². The normalized spacial score (nSPS) is 10.6. The van der Waals surface area contributed by atoms with Gasteiger partial charge in [0, 0.05) is 16.9 Å². The van der Waals surface area contributed by atoms with E-state index in [0.29, 0.717) is 22.6 Å². The third-order valence-corrected chi connectivity index (χ3v) is 3.52. The van der Waals surface area contributed by atoms with Crippen molar-refractivity contribution in [1.82, 2.24) is 9.38 Å². The second-order valence-corrected chi connectivity index (χ2v) is 5.25. The van der Waals surface area contributed by atoms with Crippen LogP contribution < -0.4 is 10.9 Å². The minimum Gasteiger partial charge on any atom is -0.339 e. The molecule has 110 valence electrons. The van der Waals surface area contributed by atoms with Gasteiger partial charge in [-0.25, -0.2) is 4.98 Å². The molecule has 0 radical (unpaired) electrons. The fraction of sp³-hybridized carbons (Fsp3) is 0.0625. The van der Waals surface area contributed by atoms with E-state index in [1.54, 1.807) is 36.5 Å². The third kappa shape index (κ3) is 2.46. The summed E-state index contributed by atoms with van der Waals surface area (Å²) in [6.07, 6.45) is 2.10. The summed E-state index contributed by atoms with van der Waals surface area (Å²) in [5.74, 6) is 0.219. The van der Waals surface area contributed by atoms with E-state index in [1.807, 2.05) is 13.0 Å². The molecule has 0 amide bonds. The van der Waals surface area contributed by atoms with E-state index in [4.69, 9.17) is 11.6 Å². The van der Waals surface area contributed by atoms with Crippen LogP contribution in [0.2, 0.25) is 5.02 Å². The molecule has 22 heavy (non-hydrogen) atoms. The Morgan fingerprint density at radius 1 is 1.27 bits per heavy atom. The topological polar surface area (TPSA) is 63.5 Å². The van der Waals surface area contributed by atoms with Gasteiger partial charge in [0.05, 0.1) is 0 Å². The maximum Gasteiger partial charge on any atom is 0.270 e. The molecule has 1 aromatic carbocycles. The van der Waals surface area contributed by atoms with Crippen LogP contribution in [0, 0.1) is 6.92 Å². The van der Waals surface area contributed by atoms with Crippen molar-refractivity contribution in [3.05, 3.63) is 69.1 Å². The summed E-state index contributed by atoms with van der Waals surface area (Å²) in [6, 6.07) is 10.6. The molecular formula is C16H12ClN3O2. The number of nitrogens with zero attached hydrogens (tertiary/aromatic N) is 2. The number of nitrogens with one attached hydrogen (secondary N) is 1. The van der Waals surface area contributed by atoms with Gasteiger partial charge in [0.25, 0.3) is 5.56 Å². The Bertz CT molecular complexity index is 934. The van der Waals surface area contributed by atoms with Crippen molar-refractivity contribution in [3.8, 4) is 0 Å². The van der Waals surface area contributed by atoms with E-state index < -0.39 is 5.56 Å². The van der Waals surface area contributed by atoms with Crippen LogP contribution in [0.3, 0.4) is 0 Å². The lowest BCUT2D eigenvalue weighted by Crippen LogP contribution is -2.22. The van der Waals surface area contributed by atoms with Gasteiger partial charge in [0.1, 0.15) is 17.0 Å². The van der Waals surface area contributed by atoms with Crippen LogP contribution in [0.1, 0.15) is 15.9 Å². The zero-order valence-electron chi connectivity index (χ0n) is 11.7. The third-order valence-electron chi connectivity index (χ3n) is 3.29. The molecule has 3 aromatic rings. The molecule has 1 N–H and O–H groups in total. The van der Waals surface area contributed by atoms with E-state index in [0.717, 1.165) is 5.56 Å². The monoisotopic (exact) mass is 313 g/mol. The van der Waals surface area contributed by atoms with Crippen molar-refractivity contribution in [3.63, 3.8) is 0 Å². The van der Waals surface area contributed by atoms with Crippen LogP contribution in [-0.2, 0) is 0 Å². The van der Waals surface area contributed by atoms with Crippen molar-refractivity contribution >= 4 is 35.0 Å². The van der Waals surface area contributed by atoms with E-state index in [-0.39, 0.29) is 11.4 Å². The number of carbonyl (C=O) groups is 1. The molecule has 2 heterocycles. The number of benzene rings is 1. The van der Waals surface area contributed by atoms with Crippen molar-refractivity contribution in [1.29, 1.82) is 0 Å². The first-order valence-electron chi connectivity index (χ1n) is 6.60. The summed E-state index contributed by atoms with van der Waals surface area (Å²) < 4.78 is 1.36. The van der Waals surface area contributed by atoms with Gasteiger partial charge >= 0.3 is 0 Å². The average molecular weight is 314 g/mol. The molecular weight excluding hydrogens is 302 g/mol. The zero-order chi connectivity index (χ0) is 15.7. The molecule has 0 fully saturated rings. The molecule has 0 unspecified atom stereocenters. The molecule has 0 aliphatic rings. The highest BCUT2D eigenvalue weighted by atomic mass is 35.5. The molecule has 0 spiro atoms.